The fourth-order valence-corrected chi connectivity index (χ4v) is 3.89. The molecule has 0 heterocycles. The van der Waals surface area contributed by atoms with Crippen molar-refractivity contribution in [2.24, 2.45) is 5.41 Å². The number of ether oxygens (including phenoxy) is 3. The maximum atomic E-state index is 12.3. The fraction of sp³-hybridized carbons (Fsp3) is 0.562. The van der Waals surface area contributed by atoms with E-state index in [1.165, 1.54) is 5.56 Å². The van der Waals surface area contributed by atoms with Crippen molar-refractivity contribution in [3.8, 4) is 17.2 Å². The second-order valence-corrected chi connectivity index (χ2v) is 5.82. The molecule has 4 nitrogen and oxygen atoms in total. The van der Waals surface area contributed by atoms with Crippen LogP contribution in [0.15, 0.2) is 6.07 Å². The van der Waals surface area contributed by atoms with E-state index in [0.29, 0.717) is 29.5 Å². The fourth-order valence-electron chi connectivity index (χ4n) is 3.89. The molecule has 2 atom stereocenters. The number of hydrogen-bond donors (Lipinski definition) is 0. The highest BCUT2D eigenvalue weighted by molar-refractivity contribution is 5.90. The van der Waals surface area contributed by atoms with Crippen LogP contribution in [0.25, 0.3) is 0 Å². The molecule has 0 aliphatic heterocycles. The monoisotopic (exact) mass is 276 g/mol. The first-order valence-corrected chi connectivity index (χ1v) is 6.91. The van der Waals surface area contributed by atoms with Gasteiger partial charge in [-0.3, -0.25) is 4.79 Å². The summed E-state index contributed by atoms with van der Waals surface area (Å²) < 4.78 is 16.4. The average Bonchev–Trinajstić information content (AvgIpc) is 2.89. The molecule has 108 valence electrons. The first-order chi connectivity index (χ1) is 9.56. The van der Waals surface area contributed by atoms with Gasteiger partial charge in [0.05, 0.1) is 21.3 Å². The van der Waals surface area contributed by atoms with Crippen molar-refractivity contribution in [1.29, 1.82) is 0 Å². The summed E-state index contributed by atoms with van der Waals surface area (Å²) in [5.41, 5.74) is 2.01. The van der Waals surface area contributed by atoms with Crippen LogP contribution in [0, 0.1) is 5.41 Å². The summed E-state index contributed by atoms with van der Waals surface area (Å²) in [5.74, 6) is 2.64. The van der Waals surface area contributed by atoms with Crippen molar-refractivity contribution < 1.29 is 19.0 Å². The Morgan fingerprint density at radius 3 is 2.45 bits per heavy atom. The zero-order valence-corrected chi connectivity index (χ0v) is 12.4. The highest BCUT2D eigenvalue weighted by atomic mass is 16.5. The Bertz CT molecular complexity index is 578. The second kappa shape index (κ2) is 4.40. The van der Waals surface area contributed by atoms with E-state index in [1.54, 1.807) is 21.3 Å². The van der Waals surface area contributed by atoms with Gasteiger partial charge in [0.2, 0.25) is 5.75 Å². The molecule has 0 unspecified atom stereocenters. The number of fused-ring (bicyclic) bond motifs is 3. The minimum absolute atomic E-state index is 0.277. The Hall–Kier alpha value is -1.71. The van der Waals surface area contributed by atoms with Crippen molar-refractivity contribution in [2.45, 2.75) is 32.1 Å². The first kappa shape index (κ1) is 13.3. The Kier molecular flexibility index (Phi) is 2.92. The lowest BCUT2D eigenvalue weighted by atomic mass is 9.80. The number of carbonyl (C=O) groups excluding carboxylic acids is 1. The van der Waals surface area contributed by atoms with Crippen molar-refractivity contribution in [2.75, 3.05) is 21.3 Å². The summed E-state index contributed by atoms with van der Waals surface area (Å²) in [5, 5.41) is 0. The lowest BCUT2D eigenvalue weighted by Gasteiger charge is -2.21. The van der Waals surface area contributed by atoms with Gasteiger partial charge in [0.15, 0.2) is 11.5 Å². The van der Waals surface area contributed by atoms with Crippen LogP contribution < -0.4 is 14.2 Å². The molecule has 1 aromatic carbocycles. The van der Waals surface area contributed by atoms with Gasteiger partial charge in [-0.1, -0.05) is 6.92 Å². The van der Waals surface area contributed by atoms with Gasteiger partial charge in [-0.25, -0.2) is 0 Å². The number of Topliss-reactive ketones (excluding diaryl/α,β-unsaturated/α-hetero) is 1. The highest BCUT2D eigenvalue weighted by Crippen LogP contribution is 2.59. The van der Waals surface area contributed by atoms with E-state index in [4.69, 9.17) is 14.2 Å². The molecule has 20 heavy (non-hydrogen) atoms. The minimum Gasteiger partial charge on any atom is -0.493 e. The zero-order valence-electron chi connectivity index (χ0n) is 12.4. The summed E-state index contributed by atoms with van der Waals surface area (Å²) >= 11 is 0. The van der Waals surface area contributed by atoms with E-state index in [9.17, 15) is 4.79 Å². The van der Waals surface area contributed by atoms with Gasteiger partial charge in [-0.15, -0.1) is 0 Å². The number of rotatable bonds is 3. The molecule has 0 N–H and O–H groups in total. The van der Waals surface area contributed by atoms with Crippen LogP contribution in [0.4, 0.5) is 0 Å². The van der Waals surface area contributed by atoms with E-state index in [1.807, 2.05) is 6.07 Å². The molecular weight excluding hydrogens is 256 g/mol. The Morgan fingerprint density at radius 2 is 1.85 bits per heavy atom. The molecule has 0 saturated heterocycles. The molecule has 1 fully saturated rings. The smallest absolute Gasteiger partial charge is 0.203 e. The summed E-state index contributed by atoms with van der Waals surface area (Å²) in [6, 6.07) is 2.02. The third-order valence-electron chi connectivity index (χ3n) is 4.95. The normalized spacial score (nSPS) is 27.2. The highest BCUT2D eigenvalue weighted by Gasteiger charge is 2.53. The number of ketones is 1. The Balaban J connectivity index is 2.22. The number of hydrogen-bond acceptors (Lipinski definition) is 4. The largest absolute Gasteiger partial charge is 0.493 e. The second-order valence-electron chi connectivity index (χ2n) is 5.82. The SMILES string of the molecule is COc1cc2c(c(OC)c1OC)C[C@]1(C)C(=O)CC[C@H]21. The topological polar surface area (TPSA) is 44.8 Å². The van der Waals surface area contributed by atoms with Crippen LogP contribution in [0.3, 0.4) is 0 Å². The molecule has 3 rings (SSSR count). The number of benzene rings is 1. The third kappa shape index (κ3) is 1.51. The van der Waals surface area contributed by atoms with Gasteiger partial charge < -0.3 is 14.2 Å². The summed E-state index contributed by atoms with van der Waals surface area (Å²) in [6.45, 7) is 2.07. The van der Waals surface area contributed by atoms with E-state index in [2.05, 4.69) is 6.92 Å². The maximum absolute atomic E-state index is 12.3. The lowest BCUT2D eigenvalue weighted by Crippen LogP contribution is -2.24. The van der Waals surface area contributed by atoms with E-state index in [-0.39, 0.29) is 11.3 Å². The molecule has 2 aliphatic rings. The predicted octanol–water partition coefficient (Wildman–Crippen LogP) is 2.72. The first-order valence-electron chi connectivity index (χ1n) is 6.91. The van der Waals surface area contributed by atoms with Gasteiger partial charge in [0.1, 0.15) is 5.78 Å². The van der Waals surface area contributed by atoms with Gasteiger partial charge >= 0.3 is 0 Å². The van der Waals surface area contributed by atoms with Crippen LogP contribution in [0.5, 0.6) is 17.2 Å². The van der Waals surface area contributed by atoms with E-state index in [0.717, 1.165) is 18.4 Å². The Morgan fingerprint density at radius 1 is 1.15 bits per heavy atom. The van der Waals surface area contributed by atoms with Crippen molar-refractivity contribution in [3.63, 3.8) is 0 Å². The van der Waals surface area contributed by atoms with Crippen LogP contribution in [-0.4, -0.2) is 27.1 Å². The standard InChI is InChI=1S/C16H20O4/c1-16-8-10-9(11(16)5-6-13(16)17)7-12(18-2)15(20-4)14(10)19-3/h7,11H,5-6,8H2,1-4H3/t11-,16+/m1/s1. The van der Waals surface area contributed by atoms with Crippen LogP contribution in [0.1, 0.15) is 36.8 Å². The molecule has 1 aromatic rings. The molecule has 0 bridgehead atoms. The predicted molar refractivity (Wildman–Crippen MR) is 74.9 cm³/mol. The summed E-state index contributed by atoms with van der Waals surface area (Å²) in [6.07, 6.45) is 2.33. The average molecular weight is 276 g/mol. The van der Waals surface area contributed by atoms with Crippen LogP contribution in [-0.2, 0) is 11.2 Å². The molecule has 0 aromatic heterocycles. The van der Waals surface area contributed by atoms with Crippen molar-refractivity contribution in [3.05, 3.63) is 17.2 Å². The maximum Gasteiger partial charge on any atom is 0.203 e. The molecule has 1 saturated carbocycles. The molecular formula is C16H20O4. The number of methoxy groups -OCH3 is 3. The molecule has 4 heteroatoms. The molecule has 2 aliphatic carbocycles. The Labute approximate surface area is 119 Å². The lowest BCUT2D eigenvalue weighted by molar-refractivity contribution is -0.125. The minimum atomic E-state index is -0.285. The summed E-state index contributed by atoms with van der Waals surface area (Å²) in [4.78, 5) is 12.3. The molecule has 0 radical (unpaired) electrons. The van der Waals surface area contributed by atoms with Crippen LogP contribution >= 0.6 is 0 Å². The molecule has 0 amide bonds. The van der Waals surface area contributed by atoms with Gasteiger partial charge in [-0.05, 0) is 30.4 Å². The van der Waals surface area contributed by atoms with E-state index >= 15 is 0 Å². The quantitative estimate of drug-likeness (QED) is 0.851. The van der Waals surface area contributed by atoms with Gasteiger partial charge in [0, 0.05) is 17.4 Å². The van der Waals surface area contributed by atoms with E-state index < -0.39 is 0 Å². The zero-order chi connectivity index (χ0) is 14.5. The van der Waals surface area contributed by atoms with Crippen molar-refractivity contribution in [1.82, 2.24) is 0 Å². The van der Waals surface area contributed by atoms with Crippen LogP contribution in [0.2, 0.25) is 0 Å². The number of carbonyl (C=O) groups is 1. The third-order valence-corrected chi connectivity index (χ3v) is 4.95. The summed E-state index contributed by atoms with van der Waals surface area (Å²) in [7, 11) is 4.86. The molecule has 0 spiro atoms. The van der Waals surface area contributed by atoms with Gasteiger partial charge in [-0.2, -0.15) is 0 Å². The van der Waals surface area contributed by atoms with Crippen molar-refractivity contribution >= 4 is 5.78 Å². The van der Waals surface area contributed by atoms with Gasteiger partial charge in [0.25, 0.3) is 0 Å².